The summed E-state index contributed by atoms with van der Waals surface area (Å²) < 4.78 is 5.24. The van der Waals surface area contributed by atoms with E-state index >= 15 is 0 Å². The van der Waals surface area contributed by atoms with Gasteiger partial charge in [0.05, 0.1) is 5.56 Å². The zero-order valence-corrected chi connectivity index (χ0v) is 12.4. The van der Waals surface area contributed by atoms with Gasteiger partial charge in [-0.25, -0.2) is 4.79 Å². The van der Waals surface area contributed by atoms with Crippen molar-refractivity contribution in [3.63, 3.8) is 0 Å². The summed E-state index contributed by atoms with van der Waals surface area (Å²) in [7, 11) is 0. The second kappa shape index (κ2) is 6.95. The van der Waals surface area contributed by atoms with E-state index in [2.05, 4.69) is 0 Å². The number of ether oxygens (including phenoxy) is 1. The Kier molecular flexibility index (Phi) is 5.00. The van der Waals surface area contributed by atoms with Crippen molar-refractivity contribution < 1.29 is 14.3 Å². The first kappa shape index (κ1) is 15.1. The Bertz CT molecular complexity index is 653. The van der Waals surface area contributed by atoms with Crippen LogP contribution >= 0.6 is 11.8 Å². The summed E-state index contributed by atoms with van der Waals surface area (Å²) in [5, 5.41) is 0. The summed E-state index contributed by atoms with van der Waals surface area (Å²) in [5.74, 6) is 0.168. The average molecular weight is 301 g/mol. The van der Waals surface area contributed by atoms with E-state index in [0.717, 1.165) is 11.3 Å². The molecule has 0 unspecified atom stereocenters. The molecule has 0 spiro atoms. The quantitative estimate of drug-likeness (QED) is 0.681. The summed E-state index contributed by atoms with van der Waals surface area (Å²) in [4.78, 5) is 23.1. The Morgan fingerprint density at radius 3 is 2.43 bits per heavy atom. The number of esters is 1. The lowest BCUT2D eigenvalue weighted by Gasteiger charge is -2.06. The van der Waals surface area contributed by atoms with E-state index in [9.17, 15) is 9.59 Å². The molecule has 0 bridgehead atoms. The van der Waals surface area contributed by atoms with Crippen LogP contribution in [0.25, 0.3) is 0 Å². The molecule has 2 N–H and O–H groups in total. The fraction of sp³-hybridized carbons (Fsp3) is 0.125. The van der Waals surface area contributed by atoms with Gasteiger partial charge in [-0.1, -0.05) is 18.2 Å². The van der Waals surface area contributed by atoms with E-state index in [-0.39, 0.29) is 0 Å². The standard InChI is InChI=1S/C16H15NO3S/c1-21-10-11-5-7-12(8-6-11)16(19)20-14-4-2-3-13(9-14)15(17)18/h2-9H,10H2,1H3,(H2,17,18). The van der Waals surface area contributed by atoms with Crippen molar-refractivity contribution in [2.45, 2.75) is 5.75 Å². The van der Waals surface area contributed by atoms with Gasteiger partial charge in [0.25, 0.3) is 0 Å². The summed E-state index contributed by atoms with van der Waals surface area (Å²) >= 11 is 1.72. The maximum Gasteiger partial charge on any atom is 0.343 e. The topological polar surface area (TPSA) is 69.4 Å². The van der Waals surface area contributed by atoms with Gasteiger partial charge in [0.15, 0.2) is 0 Å². The van der Waals surface area contributed by atoms with Crippen molar-refractivity contribution in [3.05, 3.63) is 65.2 Å². The van der Waals surface area contributed by atoms with Crippen LogP contribution in [0.3, 0.4) is 0 Å². The van der Waals surface area contributed by atoms with Crippen molar-refractivity contribution in [1.29, 1.82) is 0 Å². The van der Waals surface area contributed by atoms with Crippen LogP contribution in [0.5, 0.6) is 5.75 Å². The number of carbonyl (C=O) groups excluding carboxylic acids is 2. The minimum atomic E-state index is -0.561. The average Bonchev–Trinajstić information content (AvgIpc) is 2.48. The van der Waals surface area contributed by atoms with Crippen LogP contribution in [0, 0.1) is 0 Å². The van der Waals surface area contributed by atoms with Crippen LogP contribution in [-0.4, -0.2) is 18.1 Å². The Labute approximate surface area is 127 Å². The van der Waals surface area contributed by atoms with E-state index in [1.807, 2.05) is 18.4 Å². The molecule has 0 saturated carbocycles. The molecule has 1 amide bonds. The third-order valence-electron chi connectivity index (χ3n) is 2.83. The molecule has 2 rings (SSSR count). The van der Waals surface area contributed by atoms with Crippen LogP contribution in [0.2, 0.25) is 0 Å². The number of rotatable bonds is 5. The molecule has 0 saturated heterocycles. The van der Waals surface area contributed by atoms with E-state index in [0.29, 0.717) is 16.9 Å². The molecule has 0 aromatic heterocycles. The number of amides is 1. The molecular weight excluding hydrogens is 286 g/mol. The molecule has 0 heterocycles. The van der Waals surface area contributed by atoms with Gasteiger partial charge >= 0.3 is 5.97 Å². The molecule has 0 aliphatic rings. The van der Waals surface area contributed by atoms with Gasteiger partial charge in [-0.05, 0) is 42.2 Å². The molecule has 0 aliphatic carbocycles. The third kappa shape index (κ3) is 4.10. The number of benzene rings is 2. The number of thioether (sulfide) groups is 1. The highest BCUT2D eigenvalue weighted by Gasteiger charge is 2.10. The monoisotopic (exact) mass is 301 g/mol. The second-order valence-corrected chi connectivity index (χ2v) is 5.28. The Morgan fingerprint density at radius 1 is 1.10 bits per heavy atom. The predicted molar refractivity (Wildman–Crippen MR) is 83.6 cm³/mol. The molecule has 5 heteroatoms. The normalized spacial score (nSPS) is 10.1. The minimum Gasteiger partial charge on any atom is -0.423 e. The number of nitrogens with two attached hydrogens (primary N) is 1. The van der Waals surface area contributed by atoms with Gasteiger partial charge in [0, 0.05) is 11.3 Å². The highest BCUT2D eigenvalue weighted by molar-refractivity contribution is 7.97. The smallest absolute Gasteiger partial charge is 0.343 e. The zero-order chi connectivity index (χ0) is 15.2. The summed E-state index contributed by atoms with van der Waals surface area (Å²) in [5.41, 5.74) is 7.10. The lowest BCUT2D eigenvalue weighted by molar-refractivity contribution is 0.0733. The van der Waals surface area contributed by atoms with E-state index in [1.54, 1.807) is 42.1 Å². The number of hydrogen-bond donors (Lipinski definition) is 1. The molecular formula is C16H15NO3S. The predicted octanol–water partition coefficient (Wildman–Crippen LogP) is 2.87. The van der Waals surface area contributed by atoms with E-state index in [4.69, 9.17) is 10.5 Å². The Balaban J connectivity index is 2.10. The first-order chi connectivity index (χ1) is 10.1. The van der Waals surface area contributed by atoms with E-state index in [1.165, 1.54) is 6.07 Å². The molecule has 2 aromatic rings. The van der Waals surface area contributed by atoms with Gasteiger partial charge in [0.1, 0.15) is 5.75 Å². The van der Waals surface area contributed by atoms with Crippen molar-refractivity contribution >= 4 is 23.6 Å². The highest BCUT2D eigenvalue weighted by atomic mass is 32.2. The first-order valence-corrected chi connectivity index (χ1v) is 7.69. The van der Waals surface area contributed by atoms with Crippen molar-refractivity contribution in [2.75, 3.05) is 6.26 Å². The van der Waals surface area contributed by atoms with Gasteiger partial charge in [-0.15, -0.1) is 0 Å². The van der Waals surface area contributed by atoms with Crippen LogP contribution < -0.4 is 10.5 Å². The molecule has 108 valence electrons. The molecule has 0 radical (unpaired) electrons. The van der Waals surface area contributed by atoms with Crippen LogP contribution in [0.15, 0.2) is 48.5 Å². The maximum absolute atomic E-state index is 12.0. The molecule has 4 nitrogen and oxygen atoms in total. The third-order valence-corrected chi connectivity index (χ3v) is 3.45. The first-order valence-electron chi connectivity index (χ1n) is 6.30. The van der Waals surface area contributed by atoms with Crippen LogP contribution in [-0.2, 0) is 5.75 Å². The molecule has 0 fully saturated rings. The van der Waals surface area contributed by atoms with Crippen LogP contribution in [0.1, 0.15) is 26.3 Å². The van der Waals surface area contributed by atoms with E-state index < -0.39 is 11.9 Å². The summed E-state index contributed by atoms with van der Waals surface area (Å²) in [6.45, 7) is 0. The summed E-state index contributed by atoms with van der Waals surface area (Å²) in [6.07, 6.45) is 2.02. The van der Waals surface area contributed by atoms with Gasteiger partial charge in [-0.3, -0.25) is 4.79 Å². The number of carbonyl (C=O) groups is 2. The maximum atomic E-state index is 12.0. The molecule has 2 aromatic carbocycles. The summed E-state index contributed by atoms with van der Waals surface area (Å²) in [6, 6.07) is 13.5. The molecule has 0 atom stereocenters. The van der Waals surface area contributed by atoms with Crippen molar-refractivity contribution in [1.82, 2.24) is 0 Å². The minimum absolute atomic E-state index is 0.296. The van der Waals surface area contributed by atoms with Gasteiger partial charge < -0.3 is 10.5 Å². The Hall–Kier alpha value is -2.27. The molecule has 0 aliphatic heterocycles. The fourth-order valence-corrected chi connectivity index (χ4v) is 2.31. The van der Waals surface area contributed by atoms with Gasteiger partial charge in [0.2, 0.25) is 5.91 Å². The molecule has 21 heavy (non-hydrogen) atoms. The fourth-order valence-electron chi connectivity index (χ4n) is 1.78. The van der Waals surface area contributed by atoms with Crippen molar-refractivity contribution in [2.24, 2.45) is 5.73 Å². The zero-order valence-electron chi connectivity index (χ0n) is 11.5. The van der Waals surface area contributed by atoms with Crippen molar-refractivity contribution in [3.8, 4) is 5.75 Å². The second-order valence-electron chi connectivity index (χ2n) is 4.41. The highest BCUT2D eigenvalue weighted by Crippen LogP contribution is 2.16. The SMILES string of the molecule is CSCc1ccc(C(=O)Oc2cccc(C(N)=O)c2)cc1. The lowest BCUT2D eigenvalue weighted by Crippen LogP contribution is -2.12. The lowest BCUT2D eigenvalue weighted by atomic mass is 10.1. The largest absolute Gasteiger partial charge is 0.423 e. The Morgan fingerprint density at radius 2 is 1.81 bits per heavy atom. The number of primary amides is 1. The number of hydrogen-bond acceptors (Lipinski definition) is 4. The van der Waals surface area contributed by atoms with Gasteiger partial charge in [-0.2, -0.15) is 11.8 Å². The van der Waals surface area contributed by atoms with Crippen LogP contribution in [0.4, 0.5) is 0 Å².